The van der Waals surface area contributed by atoms with Crippen molar-refractivity contribution in [2.75, 3.05) is 5.32 Å². The summed E-state index contributed by atoms with van der Waals surface area (Å²) in [4.78, 5) is 33.1. The third kappa shape index (κ3) is 4.92. The molecule has 10 nitrogen and oxygen atoms in total. The molecule has 0 saturated heterocycles. The SMILES string of the molecule is N#CC(=Cc1ccc(-c2ccc(Cl)cc2[N+](=O)[O-])o1)C(=O)Nc1ccc([N+](=O)[O-])cc1. The topological polar surface area (TPSA) is 152 Å². The molecule has 1 amide bonds. The molecule has 31 heavy (non-hydrogen) atoms. The van der Waals surface area contributed by atoms with E-state index < -0.39 is 15.8 Å². The van der Waals surface area contributed by atoms with Crippen molar-refractivity contribution in [1.82, 2.24) is 0 Å². The van der Waals surface area contributed by atoms with Gasteiger partial charge in [-0.05, 0) is 36.4 Å². The van der Waals surface area contributed by atoms with Gasteiger partial charge in [0.25, 0.3) is 17.3 Å². The zero-order chi connectivity index (χ0) is 22.5. The number of benzene rings is 2. The Morgan fingerprint density at radius 1 is 1.06 bits per heavy atom. The summed E-state index contributed by atoms with van der Waals surface area (Å²) < 4.78 is 5.55. The Balaban J connectivity index is 1.83. The molecule has 0 bridgehead atoms. The molecule has 0 spiro atoms. The highest BCUT2D eigenvalue weighted by molar-refractivity contribution is 6.30. The predicted octanol–water partition coefficient (Wildman–Crippen LogP) is 4.96. The molecule has 1 aromatic heterocycles. The van der Waals surface area contributed by atoms with E-state index in [1.807, 2.05) is 0 Å². The quantitative estimate of drug-likeness (QED) is 0.247. The molecule has 0 fully saturated rings. The Bertz CT molecular complexity index is 1260. The Morgan fingerprint density at radius 3 is 2.39 bits per heavy atom. The first-order valence-electron chi connectivity index (χ1n) is 8.50. The van der Waals surface area contributed by atoms with Crippen molar-refractivity contribution in [3.63, 3.8) is 0 Å². The van der Waals surface area contributed by atoms with Gasteiger partial charge in [-0.2, -0.15) is 5.26 Å². The molecule has 0 radical (unpaired) electrons. The second kappa shape index (κ2) is 8.89. The number of nitriles is 1. The average molecular weight is 439 g/mol. The van der Waals surface area contributed by atoms with E-state index in [-0.39, 0.29) is 44.7 Å². The maximum absolute atomic E-state index is 12.3. The molecule has 0 aliphatic carbocycles. The third-order valence-electron chi connectivity index (χ3n) is 4.04. The highest BCUT2D eigenvalue weighted by atomic mass is 35.5. The molecule has 1 heterocycles. The van der Waals surface area contributed by atoms with Gasteiger partial charge in [0.05, 0.1) is 15.4 Å². The summed E-state index contributed by atoms with van der Waals surface area (Å²) in [7, 11) is 0. The molecule has 0 unspecified atom stereocenters. The van der Waals surface area contributed by atoms with Crippen LogP contribution in [0.2, 0.25) is 5.02 Å². The number of carbonyl (C=O) groups excluding carboxylic acids is 1. The van der Waals surface area contributed by atoms with Crippen LogP contribution in [0.3, 0.4) is 0 Å². The molecule has 1 N–H and O–H groups in total. The number of hydrogen-bond donors (Lipinski definition) is 1. The van der Waals surface area contributed by atoms with Crippen molar-refractivity contribution in [1.29, 1.82) is 5.26 Å². The summed E-state index contributed by atoms with van der Waals surface area (Å²) in [6, 6.07) is 13.8. The van der Waals surface area contributed by atoms with Gasteiger partial charge in [-0.25, -0.2) is 0 Å². The van der Waals surface area contributed by atoms with Gasteiger partial charge < -0.3 is 9.73 Å². The first-order chi connectivity index (χ1) is 14.8. The monoisotopic (exact) mass is 438 g/mol. The molecule has 0 saturated carbocycles. The minimum atomic E-state index is -0.758. The molecule has 3 aromatic rings. The normalized spacial score (nSPS) is 10.9. The van der Waals surface area contributed by atoms with Crippen LogP contribution in [0.5, 0.6) is 0 Å². The smallest absolute Gasteiger partial charge is 0.281 e. The lowest BCUT2D eigenvalue weighted by atomic mass is 10.1. The number of anilines is 1. The van der Waals surface area contributed by atoms with Crippen LogP contribution in [0, 0.1) is 31.6 Å². The first kappa shape index (κ1) is 21.2. The number of non-ortho nitro benzene ring substituents is 1. The van der Waals surface area contributed by atoms with Crippen molar-refractivity contribution >= 4 is 40.6 Å². The van der Waals surface area contributed by atoms with Crippen LogP contribution in [-0.2, 0) is 4.79 Å². The van der Waals surface area contributed by atoms with Gasteiger partial charge >= 0.3 is 0 Å². The maximum Gasteiger partial charge on any atom is 0.281 e. The van der Waals surface area contributed by atoms with E-state index in [1.54, 1.807) is 6.07 Å². The minimum Gasteiger partial charge on any atom is -0.456 e. The third-order valence-corrected chi connectivity index (χ3v) is 4.27. The fourth-order valence-electron chi connectivity index (χ4n) is 2.60. The molecular formula is C20H11ClN4O6. The largest absolute Gasteiger partial charge is 0.456 e. The number of hydrogen-bond acceptors (Lipinski definition) is 7. The zero-order valence-electron chi connectivity index (χ0n) is 15.4. The van der Waals surface area contributed by atoms with E-state index in [9.17, 15) is 30.3 Å². The van der Waals surface area contributed by atoms with E-state index in [1.165, 1.54) is 60.7 Å². The Morgan fingerprint density at radius 2 is 1.77 bits per heavy atom. The average Bonchev–Trinajstić information content (AvgIpc) is 3.20. The Hall–Kier alpha value is -4.49. The standard InChI is InChI=1S/C20H11ClN4O6/c21-13-1-7-17(18(10-13)25(29)30)19-8-6-16(31-19)9-12(11-22)20(26)23-14-2-4-15(5-3-14)24(27)28/h1-10H,(H,23,26). The van der Waals surface area contributed by atoms with Gasteiger partial charge in [0.15, 0.2) is 0 Å². The minimum absolute atomic E-state index is 0.120. The van der Waals surface area contributed by atoms with E-state index in [2.05, 4.69) is 5.32 Å². The van der Waals surface area contributed by atoms with Crippen LogP contribution in [0.15, 0.2) is 64.6 Å². The van der Waals surface area contributed by atoms with Crippen molar-refractivity contribution in [3.8, 4) is 17.4 Å². The van der Waals surface area contributed by atoms with E-state index in [0.717, 1.165) is 0 Å². The highest BCUT2D eigenvalue weighted by Gasteiger charge is 2.19. The van der Waals surface area contributed by atoms with E-state index in [0.29, 0.717) is 0 Å². The number of nitrogens with one attached hydrogen (secondary N) is 1. The summed E-state index contributed by atoms with van der Waals surface area (Å²) in [5.41, 5.74) is -0.260. The predicted molar refractivity (Wildman–Crippen MR) is 111 cm³/mol. The summed E-state index contributed by atoms with van der Waals surface area (Å²) >= 11 is 5.81. The molecule has 0 aliphatic heterocycles. The Kier molecular flexibility index (Phi) is 6.09. The lowest BCUT2D eigenvalue weighted by molar-refractivity contribution is -0.384. The van der Waals surface area contributed by atoms with Gasteiger partial charge in [0.1, 0.15) is 23.2 Å². The first-order valence-corrected chi connectivity index (χ1v) is 8.88. The van der Waals surface area contributed by atoms with E-state index >= 15 is 0 Å². The van der Waals surface area contributed by atoms with Crippen molar-refractivity contribution in [3.05, 3.63) is 91.2 Å². The molecule has 0 atom stereocenters. The summed E-state index contributed by atoms with van der Waals surface area (Å²) in [6.45, 7) is 0. The number of furan rings is 1. The number of nitrogens with zero attached hydrogens (tertiary/aromatic N) is 3. The lowest BCUT2D eigenvalue weighted by Crippen LogP contribution is -2.13. The Labute approximate surface area is 179 Å². The van der Waals surface area contributed by atoms with Crippen LogP contribution in [-0.4, -0.2) is 15.8 Å². The number of nitro benzene ring substituents is 2. The van der Waals surface area contributed by atoms with E-state index in [4.69, 9.17) is 16.0 Å². The summed E-state index contributed by atoms with van der Waals surface area (Å²) in [6.07, 6.45) is 1.17. The molecule has 154 valence electrons. The molecule has 3 rings (SSSR count). The van der Waals surface area contributed by atoms with Gasteiger partial charge in [-0.1, -0.05) is 11.6 Å². The number of rotatable bonds is 6. The molecule has 2 aromatic carbocycles. The molecular weight excluding hydrogens is 428 g/mol. The van der Waals surface area contributed by atoms with Gasteiger partial charge in [0, 0.05) is 35.0 Å². The van der Waals surface area contributed by atoms with Crippen molar-refractivity contribution in [2.45, 2.75) is 0 Å². The van der Waals surface area contributed by atoms with Gasteiger partial charge in [-0.15, -0.1) is 0 Å². The van der Waals surface area contributed by atoms with Crippen LogP contribution < -0.4 is 5.32 Å². The number of amides is 1. The highest BCUT2D eigenvalue weighted by Crippen LogP contribution is 2.33. The molecule has 11 heteroatoms. The van der Waals surface area contributed by atoms with Crippen LogP contribution in [0.25, 0.3) is 17.4 Å². The van der Waals surface area contributed by atoms with Crippen LogP contribution in [0.4, 0.5) is 17.1 Å². The fourth-order valence-corrected chi connectivity index (χ4v) is 2.76. The second-order valence-electron chi connectivity index (χ2n) is 6.05. The van der Waals surface area contributed by atoms with Gasteiger partial charge in [0.2, 0.25) is 0 Å². The summed E-state index contributed by atoms with van der Waals surface area (Å²) in [5.74, 6) is -0.482. The van der Waals surface area contributed by atoms with Gasteiger partial charge in [-0.3, -0.25) is 25.0 Å². The summed E-state index contributed by atoms with van der Waals surface area (Å²) in [5, 5.41) is 33.9. The fraction of sp³-hybridized carbons (Fsp3) is 0. The number of halogens is 1. The van der Waals surface area contributed by atoms with Crippen LogP contribution in [0.1, 0.15) is 5.76 Å². The number of carbonyl (C=O) groups is 1. The zero-order valence-corrected chi connectivity index (χ0v) is 16.2. The second-order valence-corrected chi connectivity index (χ2v) is 6.48. The molecule has 0 aliphatic rings. The van der Waals surface area contributed by atoms with Crippen molar-refractivity contribution < 1.29 is 19.1 Å². The lowest BCUT2D eigenvalue weighted by Gasteiger charge is -2.03. The maximum atomic E-state index is 12.3. The van der Waals surface area contributed by atoms with Crippen molar-refractivity contribution in [2.24, 2.45) is 0 Å². The number of nitro groups is 2. The van der Waals surface area contributed by atoms with Crippen LogP contribution >= 0.6 is 11.6 Å².